The van der Waals surface area contributed by atoms with Crippen LogP contribution in [-0.2, 0) is 13.1 Å². The number of aryl methyl sites for hydroxylation is 2. The molecule has 3 aromatic rings. The molecule has 34 heavy (non-hydrogen) atoms. The first-order chi connectivity index (χ1) is 16.4. The van der Waals surface area contributed by atoms with Gasteiger partial charge in [-0.2, -0.15) is 0 Å². The first-order valence-electron chi connectivity index (χ1n) is 11.1. The predicted octanol–water partition coefficient (Wildman–Crippen LogP) is 4.20. The van der Waals surface area contributed by atoms with Crippen molar-refractivity contribution in [3.05, 3.63) is 83.0 Å². The van der Waals surface area contributed by atoms with Crippen LogP contribution in [0.2, 0.25) is 0 Å². The van der Waals surface area contributed by atoms with Gasteiger partial charge in [0.2, 0.25) is 0 Å². The number of amides is 1. The Balaban J connectivity index is 1.33. The van der Waals surface area contributed by atoms with Crippen LogP contribution in [0, 0.1) is 19.7 Å². The van der Waals surface area contributed by atoms with Gasteiger partial charge in [-0.25, -0.2) is 9.37 Å². The maximum Gasteiger partial charge on any atom is 0.275 e. The third kappa shape index (κ3) is 4.51. The largest absolute Gasteiger partial charge is 0.332 e. The second kappa shape index (κ2) is 9.12. The average molecular weight is 479 g/mol. The fraction of sp³-hybridized carbons (Fsp3) is 0.280. The number of hydrogen-bond acceptors (Lipinski definition) is 5. The standard InChI is InChI=1S/C25H24ClFN6O/c1-15-9-16(2)24(29-11-15)19-10-22(28-12-20(19)26)33-8-7-32-13-21(31-23(32)14-33)25(34)30-18-5-3-17(27)4-6-18/h3-6,9-13,20,22H,7-8,14H2,1-2H3,(H,30,34). The number of pyridine rings is 1. The number of carbonyl (C=O) groups excluding carboxylic acids is 1. The SMILES string of the molecule is Cc1cnc(C2=CC(N3CCn4cc(C(=O)Nc5ccc(F)cc5)nc4C3)N=CC2Cl)c(C)c1. The summed E-state index contributed by atoms with van der Waals surface area (Å²) in [6, 6.07) is 7.74. The Kier molecular flexibility index (Phi) is 6.02. The van der Waals surface area contributed by atoms with E-state index >= 15 is 0 Å². The molecule has 7 nitrogen and oxygen atoms in total. The number of aromatic nitrogens is 3. The number of anilines is 1. The van der Waals surface area contributed by atoms with Gasteiger partial charge in [0, 0.05) is 43.0 Å². The van der Waals surface area contributed by atoms with Crippen LogP contribution in [0.4, 0.5) is 10.1 Å². The van der Waals surface area contributed by atoms with Gasteiger partial charge >= 0.3 is 0 Å². The van der Waals surface area contributed by atoms with Gasteiger partial charge in [-0.05, 0) is 55.3 Å². The van der Waals surface area contributed by atoms with Crippen LogP contribution >= 0.6 is 11.6 Å². The summed E-state index contributed by atoms with van der Waals surface area (Å²) in [6.07, 6.45) is 7.26. The molecule has 174 valence electrons. The van der Waals surface area contributed by atoms with Crippen molar-refractivity contribution < 1.29 is 9.18 Å². The minimum atomic E-state index is -0.355. The number of imidazole rings is 1. The van der Waals surface area contributed by atoms with Crippen LogP contribution in [0.3, 0.4) is 0 Å². The molecule has 9 heteroatoms. The van der Waals surface area contributed by atoms with E-state index in [4.69, 9.17) is 11.6 Å². The van der Waals surface area contributed by atoms with Crippen molar-refractivity contribution in [1.29, 1.82) is 0 Å². The molecular weight excluding hydrogens is 455 g/mol. The second-order valence-electron chi connectivity index (χ2n) is 8.58. The lowest BCUT2D eigenvalue weighted by Crippen LogP contribution is -2.41. The third-order valence-electron chi connectivity index (χ3n) is 6.02. The highest BCUT2D eigenvalue weighted by Gasteiger charge is 2.28. The van der Waals surface area contributed by atoms with E-state index in [9.17, 15) is 9.18 Å². The maximum atomic E-state index is 13.1. The Morgan fingerprint density at radius 1 is 1.21 bits per heavy atom. The zero-order chi connectivity index (χ0) is 23.8. The lowest BCUT2D eigenvalue weighted by molar-refractivity contribution is 0.102. The van der Waals surface area contributed by atoms with Gasteiger partial charge in [0.1, 0.15) is 23.5 Å². The summed E-state index contributed by atoms with van der Waals surface area (Å²) in [7, 11) is 0. The van der Waals surface area contributed by atoms with E-state index in [0.29, 0.717) is 24.5 Å². The summed E-state index contributed by atoms with van der Waals surface area (Å²) in [5, 5.41) is 2.42. The maximum absolute atomic E-state index is 13.1. The van der Waals surface area contributed by atoms with Crippen molar-refractivity contribution in [1.82, 2.24) is 19.4 Å². The third-order valence-corrected chi connectivity index (χ3v) is 6.37. The number of nitrogens with zero attached hydrogens (tertiary/aromatic N) is 5. The molecule has 2 aromatic heterocycles. The van der Waals surface area contributed by atoms with Crippen molar-refractivity contribution in [2.45, 2.75) is 38.5 Å². The average Bonchev–Trinajstić information content (AvgIpc) is 3.25. The van der Waals surface area contributed by atoms with E-state index in [-0.39, 0.29) is 23.3 Å². The summed E-state index contributed by atoms with van der Waals surface area (Å²) < 4.78 is 15.1. The number of rotatable bonds is 4. The number of benzene rings is 1. The zero-order valence-corrected chi connectivity index (χ0v) is 19.6. The lowest BCUT2D eigenvalue weighted by Gasteiger charge is -2.33. The number of halogens is 2. The normalized spacial score (nSPS) is 20.1. The number of allylic oxidation sites excluding steroid dienone is 1. The molecule has 0 fully saturated rings. The highest BCUT2D eigenvalue weighted by molar-refractivity contribution is 6.34. The van der Waals surface area contributed by atoms with E-state index in [0.717, 1.165) is 34.8 Å². The summed E-state index contributed by atoms with van der Waals surface area (Å²) in [6.45, 7) is 6.04. The molecule has 1 N–H and O–H groups in total. The zero-order valence-electron chi connectivity index (χ0n) is 18.9. The predicted molar refractivity (Wildman–Crippen MR) is 131 cm³/mol. The van der Waals surface area contributed by atoms with Crippen molar-refractivity contribution in [3.8, 4) is 0 Å². The first kappa shape index (κ1) is 22.4. The van der Waals surface area contributed by atoms with Gasteiger partial charge in [-0.3, -0.25) is 19.7 Å². The quantitative estimate of drug-likeness (QED) is 0.570. The fourth-order valence-corrected chi connectivity index (χ4v) is 4.54. The fourth-order valence-electron chi connectivity index (χ4n) is 4.30. The summed E-state index contributed by atoms with van der Waals surface area (Å²) >= 11 is 6.57. The molecule has 1 amide bonds. The second-order valence-corrected chi connectivity index (χ2v) is 9.05. The summed E-state index contributed by atoms with van der Waals surface area (Å²) in [4.78, 5) is 28.7. The number of aliphatic imine (C=N–C) groups is 1. The number of fused-ring (bicyclic) bond motifs is 1. The molecule has 0 spiro atoms. The molecule has 1 aromatic carbocycles. The van der Waals surface area contributed by atoms with Crippen LogP contribution in [0.15, 0.2) is 53.8 Å². The van der Waals surface area contributed by atoms with Crippen LogP contribution in [0.25, 0.3) is 5.57 Å². The molecule has 0 saturated heterocycles. The van der Waals surface area contributed by atoms with Crippen molar-refractivity contribution >= 4 is 35.0 Å². The van der Waals surface area contributed by atoms with Gasteiger partial charge in [-0.15, -0.1) is 11.6 Å². The smallest absolute Gasteiger partial charge is 0.275 e. The molecule has 2 atom stereocenters. The van der Waals surface area contributed by atoms with Gasteiger partial charge in [0.05, 0.1) is 17.6 Å². The van der Waals surface area contributed by atoms with E-state index in [1.165, 1.54) is 24.3 Å². The Morgan fingerprint density at radius 2 is 2.00 bits per heavy atom. The molecule has 2 aliphatic heterocycles. The molecule has 4 heterocycles. The molecule has 2 unspecified atom stereocenters. The van der Waals surface area contributed by atoms with E-state index in [1.54, 1.807) is 12.4 Å². The topological polar surface area (TPSA) is 75.4 Å². The minimum absolute atomic E-state index is 0.186. The highest BCUT2D eigenvalue weighted by Crippen LogP contribution is 2.29. The van der Waals surface area contributed by atoms with Gasteiger partial charge in [0.15, 0.2) is 0 Å². The Labute approximate surface area is 202 Å². The first-order valence-corrected chi connectivity index (χ1v) is 11.5. The molecular formula is C25H24ClFN6O. The minimum Gasteiger partial charge on any atom is -0.332 e. The van der Waals surface area contributed by atoms with Crippen LogP contribution in [-0.4, -0.2) is 49.6 Å². The molecule has 0 saturated carbocycles. The lowest BCUT2D eigenvalue weighted by atomic mass is 10.00. The number of dihydropyridines is 1. The molecule has 2 aliphatic rings. The molecule has 5 rings (SSSR count). The molecule has 0 bridgehead atoms. The number of alkyl halides is 1. The number of carbonyl (C=O) groups is 1. The van der Waals surface area contributed by atoms with E-state index in [2.05, 4.69) is 37.3 Å². The molecule has 0 aliphatic carbocycles. The Bertz CT molecular complexity index is 1300. The van der Waals surface area contributed by atoms with E-state index in [1.807, 2.05) is 24.6 Å². The van der Waals surface area contributed by atoms with Crippen molar-refractivity contribution in [2.75, 3.05) is 11.9 Å². The molecule has 0 radical (unpaired) electrons. The Hall–Kier alpha value is -3.36. The summed E-state index contributed by atoms with van der Waals surface area (Å²) in [5.41, 5.74) is 4.87. The van der Waals surface area contributed by atoms with Crippen LogP contribution < -0.4 is 5.32 Å². The number of nitrogens with one attached hydrogen (secondary N) is 1. The van der Waals surface area contributed by atoms with Crippen molar-refractivity contribution in [2.24, 2.45) is 4.99 Å². The number of hydrogen-bond donors (Lipinski definition) is 1. The van der Waals surface area contributed by atoms with Gasteiger partial charge in [-0.1, -0.05) is 6.07 Å². The summed E-state index contributed by atoms with van der Waals surface area (Å²) in [5.74, 6) is 0.106. The van der Waals surface area contributed by atoms with Gasteiger partial charge < -0.3 is 9.88 Å². The monoisotopic (exact) mass is 478 g/mol. The van der Waals surface area contributed by atoms with Gasteiger partial charge in [0.25, 0.3) is 5.91 Å². The van der Waals surface area contributed by atoms with E-state index < -0.39 is 0 Å². The highest BCUT2D eigenvalue weighted by atomic mass is 35.5. The Morgan fingerprint density at radius 3 is 2.76 bits per heavy atom. The van der Waals surface area contributed by atoms with Crippen LogP contribution in [0.5, 0.6) is 0 Å². The van der Waals surface area contributed by atoms with Crippen LogP contribution in [0.1, 0.15) is 33.1 Å². The van der Waals surface area contributed by atoms with Crippen molar-refractivity contribution in [3.63, 3.8) is 0 Å².